The molecule has 310 valence electrons. The van der Waals surface area contributed by atoms with Crippen LogP contribution in [-0.2, 0) is 20.2 Å². The minimum absolute atomic E-state index is 0.162. The molecule has 0 unspecified atom stereocenters. The van der Waals surface area contributed by atoms with E-state index in [0.29, 0.717) is 84.4 Å². The van der Waals surface area contributed by atoms with Crippen molar-refractivity contribution in [3.63, 3.8) is 0 Å². The van der Waals surface area contributed by atoms with E-state index in [1.54, 1.807) is 60.8 Å². The lowest BCUT2D eigenvalue weighted by Gasteiger charge is -2.25. The number of methoxy groups -OCH3 is 2. The summed E-state index contributed by atoms with van der Waals surface area (Å²) in [5.74, 6) is 2.14. The van der Waals surface area contributed by atoms with Gasteiger partial charge in [-0.2, -0.15) is 0 Å². The highest BCUT2D eigenvalue weighted by Crippen LogP contribution is 2.40. The van der Waals surface area contributed by atoms with Gasteiger partial charge in [-0.3, -0.25) is 14.3 Å². The molecule has 6 rings (SSSR count). The minimum Gasteiger partial charge on any atom is -0.497 e. The highest BCUT2D eigenvalue weighted by atomic mass is 32.2. The molecule has 1 fully saturated rings. The summed E-state index contributed by atoms with van der Waals surface area (Å²) >= 11 is 0. The molecule has 3 amide bonds. The lowest BCUT2D eigenvalue weighted by molar-refractivity contribution is -0.121. The SMILES string of the molecule is COc1cc(Nc2cc(Oc3ccc(NC(=O)Nc4cc(C(C)(C)C)cc(NS(C)(=O)=O)c4OC)c4ccccc34)ccn2)cc(C(=O)NCCN2CCC(=O)CC2)c1. The van der Waals surface area contributed by atoms with Gasteiger partial charge in [0.25, 0.3) is 5.91 Å². The molecule has 16 heteroatoms. The number of pyridine rings is 1. The molecule has 1 aliphatic heterocycles. The van der Waals surface area contributed by atoms with Crippen molar-refractivity contribution >= 4 is 67.1 Å². The van der Waals surface area contributed by atoms with Crippen LogP contribution in [0, 0.1) is 0 Å². The standard InChI is InChI=1S/C43H49N7O8S/c1-43(2,3)28-23-36(40(57-5)37(24-28)49-59(6,54)55)48-42(53)47-35-11-12-38(34-10-8-7-9-33(34)35)58-31-13-16-44-39(26-31)46-29-21-27(22-32(25-29)56-4)41(52)45-17-20-50-18-14-30(51)15-19-50/h7-13,16,21-26,49H,14-15,17-20H2,1-6H3,(H,44,46)(H,45,52)(H2,47,48,53). The lowest BCUT2D eigenvalue weighted by atomic mass is 9.86. The van der Waals surface area contributed by atoms with Gasteiger partial charge >= 0.3 is 6.03 Å². The first-order chi connectivity index (χ1) is 28.1. The molecule has 0 radical (unpaired) electrons. The molecule has 0 bridgehead atoms. The van der Waals surface area contributed by atoms with Crippen LogP contribution >= 0.6 is 0 Å². The van der Waals surface area contributed by atoms with Gasteiger partial charge in [-0.05, 0) is 53.4 Å². The number of Topliss-reactive ketones (excluding diaryl/α,β-unsaturated/α-hetero) is 1. The molecule has 15 nitrogen and oxygen atoms in total. The van der Waals surface area contributed by atoms with E-state index in [0.717, 1.165) is 17.2 Å². The fourth-order valence-electron chi connectivity index (χ4n) is 6.59. The van der Waals surface area contributed by atoms with Gasteiger partial charge in [0.1, 0.15) is 28.8 Å². The van der Waals surface area contributed by atoms with Crippen molar-refractivity contribution in [3.05, 3.63) is 96.2 Å². The van der Waals surface area contributed by atoms with E-state index < -0.39 is 16.1 Å². The number of sulfonamides is 1. The Hall–Kier alpha value is -6.39. The number of aromatic nitrogens is 1. The quantitative estimate of drug-likeness (QED) is 0.0746. The number of nitrogens with one attached hydrogen (secondary N) is 5. The number of fused-ring (bicyclic) bond motifs is 1. The second-order valence-electron chi connectivity index (χ2n) is 15.2. The largest absolute Gasteiger partial charge is 0.497 e. The number of ether oxygens (including phenoxy) is 3. The number of nitrogens with zero attached hydrogens (tertiary/aromatic N) is 2. The first-order valence-electron chi connectivity index (χ1n) is 19.0. The zero-order chi connectivity index (χ0) is 42.3. The first-order valence-corrected chi connectivity index (χ1v) is 20.9. The molecule has 1 aliphatic rings. The van der Waals surface area contributed by atoms with Gasteiger partial charge in [0.15, 0.2) is 5.75 Å². The second-order valence-corrected chi connectivity index (χ2v) is 16.9. The number of benzene rings is 4. The Morgan fingerprint density at radius 3 is 2.24 bits per heavy atom. The van der Waals surface area contributed by atoms with Crippen LogP contribution in [0.25, 0.3) is 10.8 Å². The summed E-state index contributed by atoms with van der Waals surface area (Å²) < 4.78 is 44.3. The van der Waals surface area contributed by atoms with Crippen molar-refractivity contribution in [2.24, 2.45) is 0 Å². The third-order valence-electron chi connectivity index (χ3n) is 9.60. The highest BCUT2D eigenvalue weighted by molar-refractivity contribution is 7.92. The fourth-order valence-corrected chi connectivity index (χ4v) is 7.14. The van der Waals surface area contributed by atoms with Crippen LogP contribution in [0.3, 0.4) is 0 Å². The maximum atomic E-state index is 13.5. The third kappa shape index (κ3) is 11.2. The molecule has 1 saturated heterocycles. The van der Waals surface area contributed by atoms with Crippen molar-refractivity contribution in [1.82, 2.24) is 15.2 Å². The van der Waals surface area contributed by atoms with Gasteiger partial charge in [-0.15, -0.1) is 0 Å². The summed E-state index contributed by atoms with van der Waals surface area (Å²) in [5.41, 5.74) is 2.38. The predicted octanol–water partition coefficient (Wildman–Crippen LogP) is 7.50. The van der Waals surface area contributed by atoms with Crippen molar-refractivity contribution in [3.8, 4) is 23.0 Å². The van der Waals surface area contributed by atoms with Crippen LogP contribution in [-0.4, -0.2) is 82.7 Å². The van der Waals surface area contributed by atoms with Crippen molar-refractivity contribution in [2.75, 3.05) is 67.3 Å². The molecule has 0 atom stereocenters. The Bertz CT molecular complexity index is 2480. The normalized spacial score (nSPS) is 13.4. The Morgan fingerprint density at radius 1 is 0.831 bits per heavy atom. The smallest absolute Gasteiger partial charge is 0.323 e. The second kappa shape index (κ2) is 18.0. The maximum Gasteiger partial charge on any atom is 0.323 e. The van der Waals surface area contributed by atoms with Crippen LogP contribution in [0.2, 0.25) is 0 Å². The maximum absolute atomic E-state index is 13.5. The number of anilines is 5. The van der Waals surface area contributed by atoms with Gasteiger partial charge < -0.3 is 40.4 Å². The summed E-state index contributed by atoms with van der Waals surface area (Å²) in [4.78, 5) is 44.8. The van der Waals surface area contributed by atoms with E-state index in [-0.39, 0.29) is 34.2 Å². The van der Waals surface area contributed by atoms with Crippen LogP contribution in [0.5, 0.6) is 23.0 Å². The van der Waals surface area contributed by atoms with Gasteiger partial charge in [0.05, 0.1) is 37.5 Å². The van der Waals surface area contributed by atoms with Gasteiger partial charge in [-0.25, -0.2) is 18.2 Å². The molecule has 59 heavy (non-hydrogen) atoms. The molecular weight excluding hydrogens is 775 g/mol. The summed E-state index contributed by atoms with van der Waals surface area (Å²) in [6, 6.07) is 22.4. The average molecular weight is 824 g/mol. The van der Waals surface area contributed by atoms with Crippen molar-refractivity contribution in [1.29, 1.82) is 0 Å². The molecule has 1 aromatic heterocycles. The Balaban J connectivity index is 1.16. The number of rotatable bonds is 14. The van der Waals surface area contributed by atoms with E-state index in [9.17, 15) is 22.8 Å². The summed E-state index contributed by atoms with van der Waals surface area (Å²) in [7, 11) is -0.719. The van der Waals surface area contributed by atoms with Gasteiger partial charge in [-0.1, -0.05) is 45.0 Å². The zero-order valence-electron chi connectivity index (χ0n) is 33.9. The van der Waals surface area contributed by atoms with Gasteiger partial charge in [0, 0.05) is 79.4 Å². The number of urea groups is 1. The average Bonchev–Trinajstić information content (AvgIpc) is 3.18. The van der Waals surface area contributed by atoms with E-state index >= 15 is 0 Å². The molecule has 0 aliphatic carbocycles. The zero-order valence-corrected chi connectivity index (χ0v) is 34.7. The topological polar surface area (TPSA) is 189 Å². The summed E-state index contributed by atoms with van der Waals surface area (Å²) in [6.07, 6.45) is 3.74. The molecule has 5 aromatic rings. The number of likely N-dealkylation sites (tertiary alicyclic amines) is 1. The molecule has 0 spiro atoms. The van der Waals surface area contributed by atoms with Gasteiger partial charge in [0.2, 0.25) is 10.0 Å². The molecule has 0 saturated carbocycles. The Kier molecular flexibility index (Phi) is 12.9. The molecule has 5 N–H and O–H groups in total. The molecule has 2 heterocycles. The Morgan fingerprint density at radius 2 is 1.54 bits per heavy atom. The molecular formula is C43H49N7O8S. The summed E-state index contributed by atoms with van der Waals surface area (Å²) in [6.45, 7) is 8.45. The van der Waals surface area contributed by atoms with Crippen LogP contribution in [0.1, 0.15) is 49.5 Å². The number of piperidine rings is 1. The fraction of sp³-hybridized carbons (Fsp3) is 0.302. The lowest BCUT2D eigenvalue weighted by Crippen LogP contribution is -2.39. The number of hydrogen-bond donors (Lipinski definition) is 5. The third-order valence-corrected chi connectivity index (χ3v) is 10.2. The number of carbonyl (C=O) groups excluding carboxylic acids is 3. The number of amides is 3. The number of carbonyl (C=O) groups is 3. The highest BCUT2D eigenvalue weighted by Gasteiger charge is 2.23. The van der Waals surface area contributed by atoms with Crippen molar-refractivity contribution in [2.45, 2.75) is 39.0 Å². The first kappa shape index (κ1) is 42.2. The van der Waals surface area contributed by atoms with Crippen molar-refractivity contribution < 1.29 is 37.0 Å². The van der Waals surface area contributed by atoms with E-state index in [4.69, 9.17) is 14.2 Å². The Labute approximate surface area is 343 Å². The monoisotopic (exact) mass is 823 g/mol. The summed E-state index contributed by atoms with van der Waals surface area (Å²) in [5, 5.41) is 13.4. The predicted molar refractivity (Wildman–Crippen MR) is 230 cm³/mol. The minimum atomic E-state index is -3.65. The molecule has 4 aromatic carbocycles. The van der Waals surface area contributed by atoms with Crippen LogP contribution in [0.15, 0.2) is 85.1 Å². The van der Waals surface area contributed by atoms with Crippen LogP contribution < -0.4 is 40.2 Å². The van der Waals surface area contributed by atoms with E-state index in [1.807, 2.05) is 45.0 Å². The van der Waals surface area contributed by atoms with E-state index in [1.165, 1.54) is 14.2 Å². The number of ketones is 1. The van der Waals surface area contributed by atoms with Crippen LogP contribution in [0.4, 0.5) is 33.4 Å². The number of hydrogen-bond acceptors (Lipinski definition) is 11. The van der Waals surface area contributed by atoms with E-state index in [2.05, 4.69) is 35.9 Å².